The summed E-state index contributed by atoms with van der Waals surface area (Å²) in [5.74, 6) is 0.367. The molecule has 0 unspecified atom stereocenters. The summed E-state index contributed by atoms with van der Waals surface area (Å²) >= 11 is 0. The molecule has 2 bridgehead atoms. The predicted molar refractivity (Wildman–Crippen MR) is 117 cm³/mol. The Balaban J connectivity index is 1.67. The first-order valence-corrected chi connectivity index (χ1v) is 10.2. The van der Waals surface area contributed by atoms with Crippen LogP contribution in [0.4, 0.5) is 10.2 Å². The molecule has 0 radical (unpaired) electrons. The minimum atomic E-state index is -0.481. The average Bonchev–Trinajstić information content (AvgIpc) is 3.24. The zero-order valence-electron chi connectivity index (χ0n) is 17.9. The minimum absolute atomic E-state index is 0.191. The van der Waals surface area contributed by atoms with Crippen molar-refractivity contribution in [2.24, 2.45) is 0 Å². The Kier molecular flexibility index (Phi) is 5.21. The lowest BCUT2D eigenvalue weighted by Crippen LogP contribution is -2.33. The number of nitrogens with one attached hydrogen (secondary N) is 2. The molecule has 5 heterocycles. The number of fused-ring (bicyclic) bond motifs is 2. The second kappa shape index (κ2) is 8.34. The number of amides is 1. The van der Waals surface area contributed by atoms with Gasteiger partial charge in [-0.25, -0.2) is 23.9 Å². The van der Waals surface area contributed by atoms with Gasteiger partial charge in [0.15, 0.2) is 5.65 Å². The number of hydrogen-bond acceptors (Lipinski definition) is 8. The Morgan fingerprint density at radius 3 is 2.94 bits per heavy atom. The van der Waals surface area contributed by atoms with Gasteiger partial charge in [-0.15, -0.1) is 0 Å². The van der Waals surface area contributed by atoms with E-state index in [1.807, 2.05) is 6.07 Å². The second-order valence-corrected chi connectivity index (χ2v) is 7.53. The van der Waals surface area contributed by atoms with Crippen LogP contribution in [-0.2, 0) is 6.54 Å². The Bertz CT molecular complexity index is 1360. The number of rotatable bonds is 2. The number of hydrogen-bond donors (Lipinski definition) is 2. The van der Waals surface area contributed by atoms with Crippen molar-refractivity contribution < 1.29 is 18.7 Å². The summed E-state index contributed by atoms with van der Waals surface area (Å²) in [5.41, 5.74) is 2.68. The topological polar surface area (TPSA) is 116 Å². The first-order chi connectivity index (χ1) is 16.0. The molecule has 1 aliphatic heterocycles. The highest BCUT2D eigenvalue weighted by Crippen LogP contribution is 2.30. The van der Waals surface area contributed by atoms with Crippen molar-refractivity contribution in [3.63, 3.8) is 0 Å². The standard InChI is InChI=1S/C22H20FN7O3/c1-12-7-26-21(31)16-10-28-30-11-17(13-3-4-24-18(6-13)32-2)19(29-20(16)30)25-8-14-5-15(23)9-27-22(14)33-12/h3-6,9-12H,7-8H2,1-2H3,(H,25,29)(H,26,31)/t12-/m0/s1. The van der Waals surface area contributed by atoms with Gasteiger partial charge in [-0.1, -0.05) is 0 Å². The van der Waals surface area contributed by atoms with Crippen LogP contribution >= 0.6 is 0 Å². The van der Waals surface area contributed by atoms with Gasteiger partial charge in [-0.05, 0) is 24.6 Å². The SMILES string of the molecule is COc1cc(-c2cn3ncc4c3nc2NCc2cc(F)cnc2O[C@@H](C)CNC4=O)ccn1. The fourth-order valence-electron chi connectivity index (χ4n) is 3.55. The van der Waals surface area contributed by atoms with Crippen molar-refractivity contribution >= 4 is 17.4 Å². The molecule has 0 spiro atoms. The van der Waals surface area contributed by atoms with Gasteiger partial charge in [0.05, 0.1) is 26.0 Å². The van der Waals surface area contributed by atoms with Crippen LogP contribution in [0.2, 0.25) is 0 Å². The highest BCUT2D eigenvalue weighted by atomic mass is 19.1. The monoisotopic (exact) mass is 449 g/mol. The molecule has 0 saturated heterocycles. The molecule has 0 saturated carbocycles. The zero-order chi connectivity index (χ0) is 22.9. The van der Waals surface area contributed by atoms with Crippen LogP contribution in [-0.4, -0.2) is 50.2 Å². The molecule has 0 fully saturated rings. The molecular formula is C22H20FN7O3. The molecule has 1 atom stereocenters. The maximum Gasteiger partial charge on any atom is 0.256 e. The van der Waals surface area contributed by atoms with E-state index in [1.165, 1.54) is 23.9 Å². The normalized spacial score (nSPS) is 16.0. The molecule has 0 aromatic carbocycles. The number of methoxy groups -OCH3 is 1. The second-order valence-electron chi connectivity index (χ2n) is 7.53. The number of nitrogens with zero attached hydrogens (tertiary/aromatic N) is 5. The van der Waals surface area contributed by atoms with E-state index in [4.69, 9.17) is 9.47 Å². The Hall–Kier alpha value is -4.28. The lowest BCUT2D eigenvalue weighted by atomic mass is 10.1. The van der Waals surface area contributed by atoms with Crippen LogP contribution in [0.1, 0.15) is 22.8 Å². The van der Waals surface area contributed by atoms with Gasteiger partial charge in [0.2, 0.25) is 11.8 Å². The van der Waals surface area contributed by atoms with Crippen LogP contribution in [0.15, 0.2) is 43.0 Å². The molecule has 10 nitrogen and oxygen atoms in total. The van der Waals surface area contributed by atoms with Gasteiger partial charge in [-0.3, -0.25) is 4.79 Å². The zero-order valence-corrected chi connectivity index (χ0v) is 17.9. The number of carbonyl (C=O) groups excluding carboxylic acids is 1. The summed E-state index contributed by atoms with van der Waals surface area (Å²) < 4.78 is 26.6. The van der Waals surface area contributed by atoms with E-state index in [-0.39, 0.29) is 24.9 Å². The predicted octanol–water partition coefficient (Wildman–Crippen LogP) is 2.46. The molecule has 2 N–H and O–H groups in total. The van der Waals surface area contributed by atoms with Crippen LogP contribution in [0.25, 0.3) is 16.8 Å². The van der Waals surface area contributed by atoms with Crippen molar-refractivity contribution in [3.8, 4) is 22.9 Å². The summed E-state index contributed by atoms with van der Waals surface area (Å²) in [4.78, 5) is 25.7. The highest BCUT2D eigenvalue weighted by Gasteiger charge is 2.21. The van der Waals surface area contributed by atoms with Crippen LogP contribution in [0.5, 0.6) is 11.8 Å². The molecule has 33 heavy (non-hydrogen) atoms. The maximum atomic E-state index is 14.0. The van der Waals surface area contributed by atoms with E-state index >= 15 is 0 Å². The summed E-state index contributed by atoms with van der Waals surface area (Å²) in [6, 6.07) is 4.93. The van der Waals surface area contributed by atoms with Gasteiger partial charge in [0.25, 0.3) is 5.91 Å². The molecule has 5 rings (SSSR count). The third-order valence-electron chi connectivity index (χ3n) is 5.19. The third-order valence-corrected chi connectivity index (χ3v) is 5.19. The van der Waals surface area contributed by atoms with Crippen molar-refractivity contribution in [1.82, 2.24) is 29.9 Å². The van der Waals surface area contributed by atoms with E-state index in [1.54, 1.807) is 25.4 Å². The number of aromatic nitrogens is 5. The molecule has 168 valence electrons. The van der Waals surface area contributed by atoms with E-state index < -0.39 is 11.9 Å². The lowest BCUT2D eigenvalue weighted by molar-refractivity contribution is 0.0932. The van der Waals surface area contributed by atoms with Crippen molar-refractivity contribution in [3.05, 3.63) is 59.9 Å². The van der Waals surface area contributed by atoms with Crippen LogP contribution < -0.4 is 20.1 Å². The molecule has 0 aliphatic carbocycles. The first kappa shape index (κ1) is 20.6. The fraction of sp³-hybridized carbons (Fsp3) is 0.227. The van der Waals surface area contributed by atoms with Crippen molar-refractivity contribution in [2.75, 3.05) is 19.0 Å². The van der Waals surface area contributed by atoms with Crippen molar-refractivity contribution in [1.29, 1.82) is 0 Å². The van der Waals surface area contributed by atoms with Gasteiger partial charge >= 0.3 is 0 Å². The van der Waals surface area contributed by atoms with E-state index in [2.05, 4.69) is 30.7 Å². The molecular weight excluding hydrogens is 429 g/mol. The van der Waals surface area contributed by atoms with Crippen LogP contribution in [0.3, 0.4) is 0 Å². The number of pyridine rings is 2. The minimum Gasteiger partial charge on any atom is -0.481 e. The number of carbonyl (C=O) groups is 1. The molecule has 4 aromatic rings. The van der Waals surface area contributed by atoms with Gasteiger partial charge < -0.3 is 20.1 Å². The first-order valence-electron chi connectivity index (χ1n) is 10.2. The Labute approximate surface area is 187 Å². The summed E-state index contributed by atoms with van der Waals surface area (Å²) in [6.45, 7) is 2.21. The summed E-state index contributed by atoms with van der Waals surface area (Å²) in [5, 5.41) is 10.4. The van der Waals surface area contributed by atoms with Crippen LogP contribution in [0, 0.1) is 5.82 Å². The van der Waals surface area contributed by atoms with E-state index in [0.29, 0.717) is 34.0 Å². The Morgan fingerprint density at radius 2 is 2.09 bits per heavy atom. The van der Waals surface area contributed by atoms with E-state index in [9.17, 15) is 9.18 Å². The van der Waals surface area contributed by atoms with E-state index in [0.717, 1.165) is 11.8 Å². The number of halogens is 1. The molecule has 11 heteroatoms. The quantitative estimate of drug-likeness (QED) is 0.480. The van der Waals surface area contributed by atoms with Gasteiger partial charge in [0, 0.05) is 36.1 Å². The molecule has 4 aromatic heterocycles. The number of anilines is 1. The van der Waals surface area contributed by atoms with Gasteiger partial charge in [0.1, 0.15) is 23.3 Å². The lowest BCUT2D eigenvalue weighted by Gasteiger charge is -2.17. The Morgan fingerprint density at radius 1 is 1.21 bits per heavy atom. The highest BCUT2D eigenvalue weighted by molar-refractivity contribution is 6.00. The number of ether oxygens (including phenoxy) is 2. The summed E-state index contributed by atoms with van der Waals surface area (Å²) in [6.07, 6.45) is 5.55. The molecule has 1 amide bonds. The molecule has 1 aliphatic rings. The third kappa shape index (κ3) is 4.00. The average molecular weight is 449 g/mol. The van der Waals surface area contributed by atoms with Crippen molar-refractivity contribution in [2.45, 2.75) is 19.6 Å². The smallest absolute Gasteiger partial charge is 0.256 e. The largest absolute Gasteiger partial charge is 0.481 e. The van der Waals surface area contributed by atoms with Gasteiger partial charge in [-0.2, -0.15) is 5.10 Å². The summed E-state index contributed by atoms with van der Waals surface area (Å²) in [7, 11) is 1.53. The fourth-order valence-corrected chi connectivity index (χ4v) is 3.55. The maximum absolute atomic E-state index is 14.0.